The fraction of sp³-hybridized carbons (Fsp3) is 0.500. The third kappa shape index (κ3) is 4.00. The minimum Gasteiger partial charge on any atom is -0.479 e. The molecule has 0 aromatic carbocycles. The number of carboxylic acids is 1. The van der Waals surface area contributed by atoms with Crippen LogP contribution in [0.2, 0.25) is 0 Å². The molecule has 1 heterocycles. The summed E-state index contributed by atoms with van der Waals surface area (Å²) in [5.74, 6) is -3.03. The molecule has 5 nitrogen and oxygen atoms in total. The number of carboxylic acid groups (broad SMARTS) is 1. The Kier molecular flexibility index (Phi) is 4.32. The molecule has 0 fully saturated rings. The first-order valence-corrected chi connectivity index (χ1v) is 6.41. The van der Waals surface area contributed by atoms with Crippen LogP contribution in [0.25, 0.3) is 0 Å². The van der Waals surface area contributed by atoms with Crippen molar-refractivity contribution >= 4 is 23.3 Å². The van der Waals surface area contributed by atoms with Gasteiger partial charge in [-0.25, -0.2) is 14.0 Å². The normalized spacial score (nSPS) is 14.8. The van der Waals surface area contributed by atoms with E-state index < -0.39 is 28.9 Å². The van der Waals surface area contributed by atoms with E-state index in [-0.39, 0.29) is 6.42 Å². The van der Waals surface area contributed by atoms with Crippen molar-refractivity contribution in [3.63, 3.8) is 0 Å². The summed E-state index contributed by atoms with van der Waals surface area (Å²) >= 11 is 1.00. The summed E-state index contributed by atoms with van der Waals surface area (Å²) in [7, 11) is 0. The van der Waals surface area contributed by atoms with Crippen LogP contribution in [0.4, 0.5) is 4.39 Å². The molecule has 106 valence electrons. The first kappa shape index (κ1) is 15.6. The van der Waals surface area contributed by atoms with Crippen LogP contribution in [0.15, 0.2) is 11.4 Å². The first-order chi connectivity index (χ1) is 8.54. The number of hydrogen-bond donors (Lipinski definition) is 2. The Bertz CT molecular complexity index is 494. The molecule has 3 N–H and O–H groups in total. The SMILES string of the molecule is CC(C)(C)OC(=O)C(N)(Cc1cc(F)cs1)C(=O)O. The molecule has 0 bridgehead atoms. The zero-order valence-corrected chi connectivity index (χ0v) is 11.7. The van der Waals surface area contributed by atoms with E-state index in [1.165, 1.54) is 5.38 Å². The molecule has 0 radical (unpaired) electrons. The number of thiophene rings is 1. The molecule has 1 aromatic heterocycles. The molecule has 0 aliphatic heterocycles. The minimum absolute atomic E-state index is 0.314. The van der Waals surface area contributed by atoms with E-state index in [1.54, 1.807) is 20.8 Å². The van der Waals surface area contributed by atoms with Crippen LogP contribution in [0.5, 0.6) is 0 Å². The van der Waals surface area contributed by atoms with Crippen molar-refractivity contribution in [1.29, 1.82) is 0 Å². The van der Waals surface area contributed by atoms with E-state index in [9.17, 15) is 14.0 Å². The van der Waals surface area contributed by atoms with Crippen LogP contribution in [0, 0.1) is 5.82 Å². The number of nitrogens with two attached hydrogens (primary N) is 1. The molecule has 1 atom stereocenters. The zero-order chi connectivity index (χ0) is 14.8. The molecule has 1 unspecified atom stereocenters. The molecule has 1 aromatic rings. The molecule has 1 rings (SSSR count). The molecule has 0 spiro atoms. The van der Waals surface area contributed by atoms with Gasteiger partial charge < -0.3 is 15.6 Å². The van der Waals surface area contributed by atoms with E-state index >= 15 is 0 Å². The Balaban J connectivity index is 2.97. The van der Waals surface area contributed by atoms with Gasteiger partial charge in [0.1, 0.15) is 11.4 Å². The summed E-state index contributed by atoms with van der Waals surface area (Å²) in [6, 6.07) is 1.15. The number of hydrogen-bond acceptors (Lipinski definition) is 5. The van der Waals surface area contributed by atoms with Crippen LogP contribution in [0.1, 0.15) is 25.6 Å². The Morgan fingerprint density at radius 3 is 2.42 bits per heavy atom. The largest absolute Gasteiger partial charge is 0.479 e. The van der Waals surface area contributed by atoms with Crippen molar-refractivity contribution < 1.29 is 23.8 Å². The first-order valence-electron chi connectivity index (χ1n) is 5.53. The van der Waals surface area contributed by atoms with Gasteiger partial charge in [-0.3, -0.25) is 0 Å². The molecule has 0 saturated carbocycles. The Hall–Kier alpha value is -1.47. The molecular weight excluding hydrogens is 273 g/mol. The Morgan fingerprint density at radius 2 is 2.05 bits per heavy atom. The van der Waals surface area contributed by atoms with Gasteiger partial charge in [0.05, 0.1) is 0 Å². The van der Waals surface area contributed by atoms with E-state index in [2.05, 4.69) is 0 Å². The number of carbonyl (C=O) groups excluding carboxylic acids is 1. The zero-order valence-electron chi connectivity index (χ0n) is 10.9. The second-order valence-corrected chi connectivity index (χ2v) is 6.18. The monoisotopic (exact) mass is 289 g/mol. The van der Waals surface area contributed by atoms with E-state index in [1.807, 2.05) is 0 Å². The summed E-state index contributed by atoms with van der Waals surface area (Å²) in [6.45, 7) is 4.83. The van der Waals surface area contributed by atoms with Crippen molar-refractivity contribution in [2.75, 3.05) is 0 Å². The van der Waals surface area contributed by atoms with Crippen molar-refractivity contribution in [3.05, 3.63) is 22.1 Å². The molecule has 19 heavy (non-hydrogen) atoms. The van der Waals surface area contributed by atoms with Crippen LogP contribution in [-0.2, 0) is 20.7 Å². The fourth-order valence-electron chi connectivity index (χ4n) is 1.33. The van der Waals surface area contributed by atoms with Gasteiger partial charge in [0.25, 0.3) is 0 Å². The second-order valence-electron chi connectivity index (χ2n) is 5.19. The lowest BCUT2D eigenvalue weighted by molar-refractivity contribution is -0.169. The third-order valence-electron chi connectivity index (χ3n) is 2.22. The van der Waals surface area contributed by atoms with Gasteiger partial charge in [-0.05, 0) is 26.8 Å². The predicted molar refractivity (Wildman–Crippen MR) is 68.4 cm³/mol. The highest BCUT2D eigenvalue weighted by Gasteiger charge is 2.46. The minimum atomic E-state index is -2.22. The predicted octanol–water partition coefficient (Wildman–Crippen LogP) is 1.55. The van der Waals surface area contributed by atoms with Gasteiger partial charge in [0.2, 0.25) is 5.54 Å². The average Bonchev–Trinajstić information content (AvgIpc) is 2.60. The standard InChI is InChI=1S/C12H16FNO4S/c1-11(2,3)18-10(17)12(14,9(15)16)5-8-4-7(13)6-19-8/h4,6H,5,14H2,1-3H3,(H,15,16). The van der Waals surface area contributed by atoms with E-state index in [0.29, 0.717) is 4.88 Å². The number of halogens is 1. The van der Waals surface area contributed by atoms with Gasteiger partial charge >= 0.3 is 11.9 Å². The number of rotatable bonds is 4. The molecular formula is C12H16FNO4S. The molecule has 7 heteroatoms. The summed E-state index contributed by atoms with van der Waals surface area (Å²) in [5.41, 5.74) is 2.58. The number of aliphatic carboxylic acids is 1. The van der Waals surface area contributed by atoms with Gasteiger partial charge in [-0.2, -0.15) is 0 Å². The number of ether oxygens (including phenoxy) is 1. The number of carbonyl (C=O) groups is 2. The van der Waals surface area contributed by atoms with Gasteiger partial charge in [-0.1, -0.05) is 0 Å². The summed E-state index contributed by atoms with van der Waals surface area (Å²) in [5, 5.41) is 10.4. The number of esters is 1. The van der Waals surface area contributed by atoms with Crippen LogP contribution >= 0.6 is 11.3 Å². The van der Waals surface area contributed by atoms with Gasteiger partial charge in [0, 0.05) is 16.7 Å². The fourth-order valence-corrected chi connectivity index (χ4v) is 2.15. The van der Waals surface area contributed by atoms with Gasteiger partial charge in [0.15, 0.2) is 0 Å². The highest BCUT2D eigenvalue weighted by Crippen LogP contribution is 2.22. The van der Waals surface area contributed by atoms with E-state index in [4.69, 9.17) is 15.6 Å². The van der Waals surface area contributed by atoms with E-state index in [0.717, 1.165) is 17.4 Å². The maximum Gasteiger partial charge on any atom is 0.338 e. The molecule has 0 aliphatic rings. The van der Waals surface area contributed by atoms with Crippen LogP contribution in [0.3, 0.4) is 0 Å². The maximum atomic E-state index is 12.9. The quantitative estimate of drug-likeness (QED) is 0.648. The van der Waals surface area contributed by atoms with Crippen molar-refractivity contribution in [3.8, 4) is 0 Å². The molecule has 0 amide bonds. The summed E-state index contributed by atoms with van der Waals surface area (Å²) in [6.07, 6.45) is -0.314. The smallest absolute Gasteiger partial charge is 0.338 e. The molecule has 0 saturated heterocycles. The summed E-state index contributed by atoms with van der Waals surface area (Å²) in [4.78, 5) is 23.5. The van der Waals surface area contributed by atoms with Crippen molar-refractivity contribution in [2.24, 2.45) is 5.73 Å². The topological polar surface area (TPSA) is 89.6 Å². The lowest BCUT2D eigenvalue weighted by Gasteiger charge is -2.27. The van der Waals surface area contributed by atoms with Crippen molar-refractivity contribution in [1.82, 2.24) is 0 Å². The third-order valence-corrected chi connectivity index (χ3v) is 3.13. The van der Waals surface area contributed by atoms with Crippen LogP contribution in [-0.4, -0.2) is 28.2 Å². The second kappa shape index (κ2) is 5.26. The van der Waals surface area contributed by atoms with Gasteiger partial charge in [-0.15, -0.1) is 11.3 Å². The maximum absolute atomic E-state index is 12.9. The highest BCUT2D eigenvalue weighted by atomic mass is 32.1. The lowest BCUT2D eigenvalue weighted by Crippen LogP contribution is -2.58. The lowest BCUT2D eigenvalue weighted by atomic mass is 9.95. The Labute approximate surface area is 114 Å². The molecule has 0 aliphatic carbocycles. The summed E-state index contributed by atoms with van der Waals surface area (Å²) < 4.78 is 17.9. The average molecular weight is 289 g/mol. The Morgan fingerprint density at radius 1 is 1.47 bits per heavy atom. The highest BCUT2D eigenvalue weighted by molar-refractivity contribution is 7.10. The van der Waals surface area contributed by atoms with Crippen LogP contribution < -0.4 is 5.73 Å². The van der Waals surface area contributed by atoms with Crippen molar-refractivity contribution in [2.45, 2.75) is 38.3 Å².